The van der Waals surface area contributed by atoms with E-state index in [0.717, 1.165) is 11.8 Å². The molecule has 1 N–H and O–H groups in total. The van der Waals surface area contributed by atoms with Crippen LogP contribution < -0.4 is 5.32 Å². The van der Waals surface area contributed by atoms with Crippen molar-refractivity contribution in [2.24, 2.45) is 11.8 Å². The third-order valence-electron chi connectivity index (χ3n) is 4.78. The zero-order chi connectivity index (χ0) is 12.6. The molecule has 0 aromatic rings. The fourth-order valence-corrected chi connectivity index (χ4v) is 3.65. The average molecular weight is 252 g/mol. The van der Waals surface area contributed by atoms with Crippen molar-refractivity contribution < 1.29 is 0 Å². The maximum Gasteiger partial charge on any atom is 0.0107 e. The van der Waals surface area contributed by atoms with Crippen molar-refractivity contribution in [3.05, 3.63) is 0 Å². The average Bonchev–Trinajstić information content (AvgIpc) is 2.63. The third-order valence-corrected chi connectivity index (χ3v) is 4.78. The van der Waals surface area contributed by atoms with Gasteiger partial charge in [-0.2, -0.15) is 0 Å². The van der Waals surface area contributed by atoms with Gasteiger partial charge in [0.1, 0.15) is 0 Å². The number of likely N-dealkylation sites (tertiary alicyclic amines) is 1. The van der Waals surface area contributed by atoms with E-state index in [1.165, 1.54) is 84.1 Å². The summed E-state index contributed by atoms with van der Waals surface area (Å²) >= 11 is 0. The molecule has 0 spiro atoms. The molecule has 0 bridgehead atoms. The van der Waals surface area contributed by atoms with Crippen LogP contribution in [0.1, 0.15) is 58.3 Å². The second-order valence-corrected chi connectivity index (χ2v) is 6.60. The number of nitrogens with one attached hydrogen (secondary N) is 1. The second kappa shape index (κ2) is 8.16. The van der Waals surface area contributed by atoms with Gasteiger partial charge >= 0.3 is 0 Å². The van der Waals surface area contributed by atoms with Crippen LogP contribution in [0.4, 0.5) is 0 Å². The topological polar surface area (TPSA) is 15.3 Å². The van der Waals surface area contributed by atoms with Gasteiger partial charge in [-0.15, -0.1) is 0 Å². The van der Waals surface area contributed by atoms with Crippen LogP contribution in [0.25, 0.3) is 0 Å². The van der Waals surface area contributed by atoms with Crippen molar-refractivity contribution in [2.45, 2.75) is 58.3 Å². The summed E-state index contributed by atoms with van der Waals surface area (Å²) in [7, 11) is 0. The first-order chi connectivity index (χ1) is 8.84. The molecule has 0 radical (unpaired) electrons. The van der Waals surface area contributed by atoms with Gasteiger partial charge in [0.25, 0.3) is 0 Å². The Bertz CT molecular complexity index is 205. The molecular formula is C16H32N2. The van der Waals surface area contributed by atoms with E-state index in [2.05, 4.69) is 17.1 Å². The van der Waals surface area contributed by atoms with Crippen LogP contribution in [0.2, 0.25) is 0 Å². The normalized spacial score (nSPS) is 31.2. The zero-order valence-electron chi connectivity index (χ0n) is 12.3. The molecule has 1 saturated carbocycles. The standard InChI is InChI=1S/C16H32N2/c1-15-7-6-8-16(13-15)14-17-9-12-18-10-4-2-3-5-11-18/h15-17H,2-14H2,1H3. The molecule has 2 nitrogen and oxygen atoms in total. The minimum atomic E-state index is 0.956. The Hall–Kier alpha value is -0.0800. The Morgan fingerprint density at radius 1 is 1.00 bits per heavy atom. The molecule has 18 heavy (non-hydrogen) atoms. The minimum Gasteiger partial charge on any atom is -0.315 e. The summed E-state index contributed by atoms with van der Waals surface area (Å²) in [4.78, 5) is 2.66. The van der Waals surface area contributed by atoms with Gasteiger partial charge in [-0.3, -0.25) is 0 Å². The lowest BCUT2D eigenvalue weighted by Crippen LogP contribution is -2.35. The lowest BCUT2D eigenvalue weighted by Gasteiger charge is -2.27. The van der Waals surface area contributed by atoms with E-state index in [1.807, 2.05) is 0 Å². The van der Waals surface area contributed by atoms with E-state index in [1.54, 1.807) is 0 Å². The molecule has 2 fully saturated rings. The SMILES string of the molecule is CC1CCCC(CNCCN2CCCCCC2)C1. The molecule has 1 aliphatic heterocycles. The first-order valence-electron chi connectivity index (χ1n) is 8.27. The summed E-state index contributed by atoms with van der Waals surface area (Å²) < 4.78 is 0. The summed E-state index contributed by atoms with van der Waals surface area (Å²) in [6, 6.07) is 0. The van der Waals surface area contributed by atoms with Crippen LogP contribution in [0.5, 0.6) is 0 Å². The highest BCUT2D eigenvalue weighted by Crippen LogP contribution is 2.27. The largest absolute Gasteiger partial charge is 0.315 e. The molecule has 2 unspecified atom stereocenters. The van der Waals surface area contributed by atoms with Crippen LogP contribution in [0.15, 0.2) is 0 Å². The molecule has 1 aliphatic carbocycles. The Balaban J connectivity index is 1.52. The van der Waals surface area contributed by atoms with E-state index < -0.39 is 0 Å². The first kappa shape index (κ1) is 14.3. The van der Waals surface area contributed by atoms with E-state index in [4.69, 9.17) is 0 Å². The van der Waals surface area contributed by atoms with Gasteiger partial charge in [0.05, 0.1) is 0 Å². The van der Waals surface area contributed by atoms with Crippen LogP contribution in [-0.2, 0) is 0 Å². The molecule has 2 rings (SSSR count). The molecule has 1 saturated heterocycles. The molecule has 1 heterocycles. The van der Waals surface area contributed by atoms with Crippen LogP contribution in [0, 0.1) is 11.8 Å². The minimum absolute atomic E-state index is 0.956. The quantitative estimate of drug-likeness (QED) is 0.755. The Morgan fingerprint density at radius 2 is 1.78 bits per heavy atom. The summed E-state index contributed by atoms with van der Waals surface area (Å²) in [5, 5.41) is 3.70. The van der Waals surface area contributed by atoms with Gasteiger partial charge in [0, 0.05) is 13.1 Å². The molecule has 2 heteroatoms. The Labute approximate surface area is 114 Å². The van der Waals surface area contributed by atoms with Crippen LogP contribution in [0.3, 0.4) is 0 Å². The molecule has 0 aromatic carbocycles. The highest BCUT2D eigenvalue weighted by atomic mass is 15.1. The highest BCUT2D eigenvalue weighted by molar-refractivity contribution is 4.73. The van der Waals surface area contributed by atoms with Crippen molar-refractivity contribution in [3.63, 3.8) is 0 Å². The maximum absolute atomic E-state index is 3.70. The maximum atomic E-state index is 3.70. The zero-order valence-corrected chi connectivity index (χ0v) is 12.3. The fraction of sp³-hybridized carbons (Fsp3) is 1.00. The number of hydrogen-bond donors (Lipinski definition) is 1. The predicted octanol–water partition coefficient (Wildman–Crippen LogP) is 3.28. The van der Waals surface area contributed by atoms with E-state index in [-0.39, 0.29) is 0 Å². The molecule has 2 aliphatic rings. The van der Waals surface area contributed by atoms with Gasteiger partial charge in [0.15, 0.2) is 0 Å². The summed E-state index contributed by atoms with van der Waals surface area (Å²) in [6.07, 6.45) is 11.6. The predicted molar refractivity (Wildman–Crippen MR) is 78.9 cm³/mol. The summed E-state index contributed by atoms with van der Waals surface area (Å²) in [5.74, 6) is 1.93. The van der Waals surface area contributed by atoms with Crippen molar-refractivity contribution in [1.82, 2.24) is 10.2 Å². The van der Waals surface area contributed by atoms with Gasteiger partial charge in [-0.1, -0.05) is 32.6 Å². The number of nitrogens with zero attached hydrogens (tertiary/aromatic N) is 1. The number of hydrogen-bond acceptors (Lipinski definition) is 2. The van der Waals surface area contributed by atoms with Crippen LogP contribution in [-0.4, -0.2) is 37.6 Å². The van der Waals surface area contributed by atoms with Crippen molar-refractivity contribution in [3.8, 4) is 0 Å². The van der Waals surface area contributed by atoms with E-state index in [0.29, 0.717) is 0 Å². The van der Waals surface area contributed by atoms with Crippen molar-refractivity contribution in [1.29, 1.82) is 0 Å². The Kier molecular flexibility index (Phi) is 6.50. The monoisotopic (exact) mass is 252 g/mol. The van der Waals surface area contributed by atoms with E-state index >= 15 is 0 Å². The Morgan fingerprint density at radius 3 is 2.50 bits per heavy atom. The first-order valence-corrected chi connectivity index (χ1v) is 8.27. The van der Waals surface area contributed by atoms with E-state index in [9.17, 15) is 0 Å². The number of rotatable bonds is 5. The summed E-state index contributed by atoms with van der Waals surface area (Å²) in [6.45, 7) is 8.82. The van der Waals surface area contributed by atoms with Gasteiger partial charge in [0.2, 0.25) is 0 Å². The molecule has 106 valence electrons. The molecule has 2 atom stereocenters. The lowest BCUT2D eigenvalue weighted by molar-refractivity contribution is 0.257. The third kappa shape index (κ3) is 5.27. The van der Waals surface area contributed by atoms with Gasteiger partial charge < -0.3 is 10.2 Å². The highest BCUT2D eigenvalue weighted by Gasteiger charge is 2.18. The van der Waals surface area contributed by atoms with Gasteiger partial charge in [-0.25, -0.2) is 0 Å². The van der Waals surface area contributed by atoms with Crippen molar-refractivity contribution in [2.75, 3.05) is 32.7 Å². The molecule has 0 amide bonds. The summed E-state index contributed by atoms with van der Waals surface area (Å²) in [5.41, 5.74) is 0. The lowest BCUT2D eigenvalue weighted by atomic mass is 9.82. The molecule has 0 aromatic heterocycles. The van der Waals surface area contributed by atoms with Crippen LogP contribution >= 0.6 is 0 Å². The molecular weight excluding hydrogens is 220 g/mol. The smallest absolute Gasteiger partial charge is 0.0107 e. The fourth-order valence-electron chi connectivity index (χ4n) is 3.65. The second-order valence-electron chi connectivity index (χ2n) is 6.60. The van der Waals surface area contributed by atoms with Crippen molar-refractivity contribution >= 4 is 0 Å². The van der Waals surface area contributed by atoms with Gasteiger partial charge in [-0.05, 0) is 57.2 Å².